The van der Waals surface area contributed by atoms with Crippen LogP contribution >= 0.6 is 0 Å². The van der Waals surface area contributed by atoms with E-state index in [-0.39, 0.29) is 18.1 Å². The Morgan fingerprint density at radius 1 is 1.64 bits per heavy atom. The van der Waals surface area contributed by atoms with Crippen molar-refractivity contribution in [2.75, 3.05) is 5.32 Å². The number of nitrogens with zero attached hydrogens (tertiary/aromatic N) is 1. The van der Waals surface area contributed by atoms with Gasteiger partial charge in [-0.05, 0) is 30.7 Å². The van der Waals surface area contributed by atoms with Crippen LogP contribution in [0.5, 0.6) is 5.75 Å². The summed E-state index contributed by atoms with van der Waals surface area (Å²) in [7, 11) is 0. The molecule has 0 radical (unpaired) electrons. The molecular weight excluding hydrogens is 180 g/mol. The Morgan fingerprint density at radius 3 is 2.93 bits per heavy atom. The van der Waals surface area contributed by atoms with Crippen molar-refractivity contribution in [3.05, 3.63) is 23.8 Å². The number of anilines is 1. The minimum absolute atomic E-state index is 0.154. The second-order valence-corrected chi connectivity index (χ2v) is 2.88. The Kier molecular flexibility index (Phi) is 3.08. The molecule has 0 spiro atoms. The van der Waals surface area contributed by atoms with Gasteiger partial charge in [0.15, 0.2) is 0 Å². The van der Waals surface area contributed by atoms with Crippen molar-refractivity contribution in [3.63, 3.8) is 0 Å². The molecule has 1 aromatic rings. The predicted octanol–water partition coefficient (Wildman–Crippen LogP) is 1.55. The lowest BCUT2D eigenvalue weighted by Gasteiger charge is -2.06. The number of hydrogen-bond acceptors (Lipinski definition) is 3. The minimum atomic E-state index is -0.346. The zero-order chi connectivity index (χ0) is 10.6. The van der Waals surface area contributed by atoms with Gasteiger partial charge in [-0.15, -0.1) is 0 Å². The van der Waals surface area contributed by atoms with Crippen LogP contribution in [0.25, 0.3) is 0 Å². The fourth-order valence-electron chi connectivity index (χ4n) is 1.05. The van der Waals surface area contributed by atoms with Crippen LogP contribution in [0.4, 0.5) is 5.69 Å². The third kappa shape index (κ3) is 2.49. The molecule has 1 rings (SSSR count). The largest absolute Gasteiger partial charge is 0.508 e. The minimum Gasteiger partial charge on any atom is -0.508 e. The van der Waals surface area contributed by atoms with Crippen LogP contribution in [0.3, 0.4) is 0 Å². The first kappa shape index (κ1) is 10.1. The van der Waals surface area contributed by atoms with Gasteiger partial charge in [0.1, 0.15) is 12.2 Å². The molecule has 0 aliphatic rings. The lowest BCUT2D eigenvalue weighted by atomic mass is 10.2. The van der Waals surface area contributed by atoms with E-state index in [9.17, 15) is 4.79 Å². The molecule has 14 heavy (non-hydrogen) atoms. The van der Waals surface area contributed by atoms with Gasteiger partial charge in [0.2, 0.25) is 5.91 Å². The Labute approximate surface area is 81.8 Å². The standard InChI is InChI=1S/C10H10N2O2/c1-7-6-8(13)2-3-9(7)12-10(14)4-5-11/h2-3,6,13H,4H2,1H3,(H,12,14). The second kappa shape index (κ2) is 4.28. The van der Waals surface area contributed by atoms with Gasteiger partial charge in [0.25, 0.3) is 0 Å². The van der Waals surface area contributed by atoms with Crippen LogP contribution in [0, 0.1) is 18.3 Å². The van der Waals surface area contributed by atoms with E-state index in [0.29, 0.717) is 5.69 Å². The number of hydrogen-bond donors (Lipinski definition) is 2. The Bertz CT molecular complexity index is 394. The van der Waals surface area contributed by atoms with Crippen molar-refractivity contribution in [2.24, 2.45) is 0 Å². The maximum absolute atomic E-state index is 11.1. The molecule has 0 aromatic heterocycles. The lowest BCUT2D eigenvalue weighted by molar-refractivity contribution is -0.115. The zero-order valence-electron chi connectivity index (χ0n) is 7.74. The summed E-state index contributed by atoms with van der Waals surface area (Å²) < 4.78 is 0. The summed E-state index contributed by atoms with van der Waals surface area (Å²) in [6, 6.07) is 6.38. The number of rotatable bonds is 2. The molecule has 1 aromatic carbocycles. The van der Waals surface area contributed by atoms with Crippen LogP contribution in [0.2, 0.25) is 0 Å². The average molecular weight is 190 g/mol. The maximum atomic E-state index is 11.1. The first-order chi connectivity index (χ1) is 6.63. The molecule has 0 fully saturated rings. The van der Waals surface area contributed by atoms with Crippen molar-refractivity contribution in [1.29, 1.82) is 5.26 Å². The zero-order valence-corrected chi connectivity index (χ0v) is 7.74. The first-order valence-corrected chi connectivity index (χ1v) is 4.10. The molecular formula is C10H10N2O2. The fourth-order valence-corrected chi connectivity index (χ4v) is 1.05. The van der Waals surface area contributed by atoms with Crippen molar-refractivity contribution >= 4 is 11.6 Å². The van der Waals surface area contributed by atoms with E-state index in [1.807, 2.05) is 0 Å². The third-order valence-electron chi connectivity index (χ3n) is 1.72. The maximum Gasteiger partial charge on any atom is 0.238 e. The molecule has 0 unspecified atom stereocenters. The number of carbonyl (C=O) groups excluding carboxylic acids is 1. The highest BCUT2D eigenvalue weighted by molar-refractivity contribution is 5.92. The molecule has 4 nitrogen and oxygen atoms in total. The smallest absolute Gasteiger partial charge is 0.238 e. The highest BCUT2D eigenvalue weighted by atomic mass is 16.3. The first-order valence-electron chi connectivity index (χ1n) is 4.10. The van der Waals surface area contributed by atoms with E-state index >= 15 is 0 Å². The lowest BCUT2D eigenvalue weighted by Crippen LogP contribution is -2.10. The fraction of sp³-hybridized carbons (Fsp3) is 0.200. The van der Waals surface area contributed by atoms with Crippen molar-refractivity contribution < 1.29 is 9.90 Å². The predicted molar refractivity (Wildman–Crippen MR) is 51.7 cm³/mol. The summed E-state index contributed by atoms with van der Waals surface area (Å²) in [6.45, 7) is 1.77. The van der Waals surface area contributed by atoms with Crippen LogP contribution in [-0.2, 0) is 4.79 Å². The van der Waals surface area contributed by atoms with E-state index in [4.69, 9.17) is 10.4 Å². The van der Waals surface area contributed by atoms with E-state index in [0.717, 1.165) is 5.56 Å². The molecule has 72 valence electrons. The summed E-state index contributed by atoms with van der Waals surface area (Å²) in [4.78, 5) is 11.1. The van der Waals surface area contributed by atoms with E-state index in [1.165, 1.54) is 6.07 Å². The normalized spacial score (nSPS) is 9.14. The van der Waals surface area contributed by atoms with Gasteiger partial charge in [-0.1, -0.05) is 0 Å². The highest BCUT2D eigenvalue weighted by Gasteiger charge is 2.03. The van der Waals surface area contributed by atoms with Gasteiger partial charge in [-0.25, -0.2) is 0 Å². The van der Waals surface area contributed by atoms with Crippen LogP contribution in [0.15, 0.2) is 18.2 Å². The van der Waals surface area contributed by atoms with E-state index < -0.39 is 0 Å². The van der Waals surface area contributed by atoms with Crippen molar-refractivity contribution in [3.8, 4) is 11.8 Å². The molecule has 0 atom stereocenters. The molecule has 0 bridgehead atoms. The topological polar surface area (TPSA) is 73.1 Å². The summed E-state index contributed by atoms with van der Waals surface area (Å²) in [5.74, 6) is -0.193. The summed E-state index contributed by atoms with van der Waals surface area (Å²) in [5, 5.41) is 20.0. The van der Waals surface area contributed by atoms with Crippen molar-refractivity contribution in [1.82, 2.24) is 0 Å². The monoisotopic (exact) mass is 190 g/mol. The highest BCUT2D eigenvalue weighted by Crippen LogP contribution is 2.19. The molecule has 0 heterocycles. The number of amides is 1. The van der Waals surface area contributed by atoms with E-state index in [1.54, 1.807) is 25.1 Å². The summed E-state index contributed by atoms with van der Waals surface area (Å²) in [6.07, 6.45) is -0.166. The van der Waals surface area contributed by atoms with Crippen LogP contribution in [0.1, 0.15) is 12.0 Å². The SMILES string of the molecule is Cc1cc(O)ccc1NC(=O)CC#N. The van der Waals surface area contributed by atoms with Gasteiger partial charge in [0.05, 0.1) is 6.07 Å². The number of nitrogens with one attached hydrogen (secondary N) is 1. The average Bonchev–Trinajstić information content (AvgIpc) is 2.10. The van der Waals surface area contributed by atoms with Gasteiger partial charge in [-0.3, -0.25) is 4.79 Å². The second-order valence-electron chi connectivity index (χ2n) is 2.88. The number of phenolic OH excluding ortho intramolecular Hbond substituents is 1. The quantitative estimate of drug-likeness (QED) is 0.695. The van der Waals surface area contributed by atoms with E-state index in [2.05, 4.69) is 5.32 Å². The molecule has 1 amide bonds. The Hall–Kier alpha value is -2.02. The van der Waals surface area contributed by atoms with Gasteiger partial charge < -0.3 is 10.4 Å². The molecule has 0 saturated carbocycles. The number of benzene rings is 1. The summed E-state index contributed by atoms with van der Waals surface area (Å²) in [5.41, 5.74) is 1.37. The molecule has 0 aliphatic carbocycles. The molecule has 0 aliphatic heterocycles. The van der Waals surface area contributed by atoms with Crippen LogP contribution < -0.4 is 5.32 Å². The van der Waals surface area contributed by atoms with Crippen LogP contribution in [-0.4, -0.2) is 11.0 Å². The number of aromatic hydroxyl groups is 1. The number of carbonyl (C=O) groups is 1. The Morgan fingerprint density at radius 2 is 2.36 bits per heavy atom. The third-order valence-corrected chi connectivity index (χ3v) is 1.72. The molecule has 0 saturated heterocycles. The van der Waals surface area contributed by atoms with Gasteiger partial charge in [-0.2, -0.15) is 5.26 Å². The summed E-state index contributed by atoms with van der Waals surface area (Å²) >= 11 is 0. The number of nitriles is 1. The number of aryl methyl sites for hydroxylation is 1. The van der Waals surface area contributed by atoms with Crippen molar-refractivity contribution in [2.45, 2.75) is 13.3 Å². The Balaban J connectivity index is 2.78. The molecule has 4 heteroatoms. The molecule has 2 N–H and O–H groups in total. The van der Waals surface area contributed by atoms with Gasteiger partial charge in [0, 0.05) is 5.69 Å². The number of phenols is 1. The van der Waals surface area contributed by atoms with Gasteiger partial charge >= 0.3 is 0 Å².